The van der Waals surface area contributed by atoms with Crippen LogP contribution in [0.25, 0.3) is 11.1 Å². The van der Waals surface area contributed by atoms with Gasteiger partial charge in [-0.15, -0.1) is 0 Å². The fraction of sp³-hybridized carbons (Fsp3) is 0.0833. The Hall–Kier alpha value is -1.25. The van der Waals surface area contributed by atoms with E-state index in [1.807, 2.05) is 0 Å². The maximum Gasteiger partial charge on any atom is 0.250 e. The Kier molecular flexibility index (Phi) is 3.03. The van der Waals surface area contributed by atoms with E-state index in [4.69, 9.17) is 23.2 Å². The molecule has 82 valence electrons. The number of benzene rings is 1. The molecule has 2 rings (SSSR count). The Bertz CT molecular complexity index is 590. The molecule has 0 unspecified atom stereocenters. The number of hydrogen-bond donors (Lipinski definition) is 1. The number of halogens is 2. The first-order valence-corrected chi connectivity index (χ1v) is 5.48. The Morgan fingerprint density at radius 1 is 1.19 bits per heavy atom. The van der Waals surface area contributed by atoms with Crippen LogP contribution in [-0.4, -0.2) is 4.98 Å². The lowest BCUT2D eigenvalue weighted by molar-refractivity contribution is 1.18. The summed E-state index contributed by atoms with van der Waals surface area (Å²) < 4.78 is 0. The number of aromatic nitrogens is 1. The maximum absolute atomic E-state index is 11.2. The standard InChI is InChI=1S/C12H9Cl2NO/c1-7-4-8(6-15-12(7)16)10-5-9(13)2-3-11(10)14/h2-6H,1H3,(H,15,16). The molecule has 0 amide bonds. The highest BCUT2D eigenvalue weighted by molar-refractivity contribution is 6.35. The van der Waals surface area contributed by atoms with Gasteiger partial charge in [0.15, 0.2) is 0 Å². The topological polar surface area (TPSA) is 32.9 Å². The van der Waals surface area contributed by atoms with E-state index in [0.29, 0.717) is 15.6 Å². The number of H-pyrrole nitrogens is 1. The fourth-order valence-electron chi connectivity index (χ4n) is 1.47. The highest BCUT2D eigenvalue weighted by Crippen LogP contribution is 2.29. The number of aryl methyl sites for hydroxylation is 1. The largest absolute Gasteiger partial charge is 0.328 e. The summed E-state index contributed by atoms with van der Waals surface area (Å²) in [7, 11) is 0. The zero-order chi connectivity index (χ0) is 11.7. The Labute approximate surface area is 103 Å². The lowest BCUT2D eigenvalue weighted by Crippen LogP contribution is -2.07. The highest BCUT2D eigenvalue weighted by Gasteiger charge is 2.05. The monoisotopic (exact) mass is 253 g/mol. The minimum atomic E-state index is -0.0955. The summed E-state index contributed by atoms with van der Waals surface area (Å²) >= 11 is 12.0. The number of rotatable bonds is 1. The molecule has 0 saturated carbocycles. The van der Waals surface area contributed by atoms with E-state index in [-0.39, 0.29) is 5.56 Å². The second-order valence-corrected chi connectivity index (χ2v) is 4.37. The van der Waals surface area contributed by atoms with Crippen LogP contribution in [0.2, 0.25) is 10.0 Å². The van der Waals surface area contributed by atoms with Crippen molar-refractivity contribution in [2.75, 3.05) is 0 Å². The summed E-state index contributed by atoms with van der Waals surface area (Å²) in [5.74, 6) is 0. The Morgan fingerprint density at radius 3 is 2.62 bits per heavy atom. The van der Waals surface area contributed by atoms with Gasteiger partial charge in [0.1, 0.15) is 0 Å². The van der Waals surface area contributed by atoms with E-state index in [0.717, 1.165) is 11.1 Å². The smallest absolute Gasteiger partial charge is 0.250 e. The predicted octanol–water partition coefficient (Wildman–Crippen LogP) is 3.66. The molecular formula is C12H9Cl2NO. The molecule has 0 aliphatic heterocycles. The minimum absolute atomic E-state index is 0.0955. The molecule has 2 nitrogen and oxygen atoms in total. The van der Waals surface area contributed by atoms with Crippen LogP contribution in [0.15, 0.2) is 35.3 Å². The second kappa shape index (κ2) is 4.32. The molecular weight excluding hydrogens is 245 g/mol. The molecule has 0 radical (unpaired) electrons. The van der Waals surface area contributed by atoms with E-state index in [2.05, 4.69) is 4.98 Å². The number of nitrogens with one attached hydrogen (secondary N) is 1. The van der Waals surface area contributed by atoms with E-state index in [9.17, 15) is 4.79 Å². The van der Waals surface area contributed by atoms with Crippen molar-refractivity contribution in [3.8, 4) is 11.1 Å². The van der Waals surface area contributed by atoms with Crippen LogP contribution in [0.3, 0.4) is 0 Å². The summed E-state index contributed by atoms with van der Waals surface area (Å²) in [6.07, 6.45) is 1.63. The Morgan fingerprint density at radius 2 is 1.94 bits per heavy atom. The lowest BCUT2D eigenvalue weighted by Gasteiger charge is -2.05. The lowest BCUT2D eigenvalue weighted by atomic mass is 10.1. The molecule has 1 aromatic carbocycles. The van der Waals surface area contributed by atoms with Crippen molar-refractivity contribution in [3.63, 3.8) is 0 Å². The highest BCUT2D eigenvalue weighted by atomic mass is 35.5. The van der Waals surface area contributed by atoms with Gasteiger partial charge >= 0.3 is 0 Å². The van der Waals surface area contributed by atoms with Crippen molar-refractivity contribution in [1.82, 2.24) is 4.98 Å². The quantitative estimate of drug-likeness (QED) is 0.827. The first-order valence-electron chi connectivity index (χ1n) is 4.72. The van der Waals surface area contributed by atoms with Crippen LogP contribution >= 0.6 is 23.2 Å². The second-order valence-electron chi connectivity index (χ2n) is 3.52. The minimum Gasteiger partial charge on any atom is -0.328 e. The van der Waals surface area contributed by atoms with Crippen molar-refractivity contribution in [2.24, 2.45) is 0 Å². The average molecular weight is 254 g/mol. The molecule has 0 atom stereocenters. The van der Waals surface area contributed by atoms with E-state index in [1.165, 1.54) is 0 Å². The van der Waals surface area contributed by atoms with Crippen molar-refractivity contribution >= 4 is 23.2 Å². The SMILES string of the molecule is Cc1cc(-c2cc(Cl)ccc2Cl)c[nH]c1=O. The van der Waals surface area contributed by atoms with Crippen LogP contribution in [0, 0.1) is 6.92 Å². The van der Waals surface area contributed by atoms with E-state index < -0.39 is 0 Å². The van der Waals surface area contributed by atoms with Gasteiger partial charge in [0.2, 0.25) is 0 Å². The molecule has 1 aromatic heterocycles. The van der Waals surface area contributed by atoms with Gasteiger partial charge in [0, 0.05) is 27.4 Å². The van der Waals surface area contributed by atoms with Crippen LogP contribution < -0.4 is 5.56 Å². The first-order chi connectivity index (χ1) is 7.58. The van der Waals surface area contributed by atoms with Gasteiger partial charge in [0.05, 0.1) is 0 Å². The zero-order valence-electron chi connectivity index (χ0n) is 8.55. The fourth-order valence-corrected chi connectivity index (χ4v) is 1.87. The summed E-state index contributed by atoms with van der Waals surface area (Å²) in [5.41, 5.74) is 2.22. The van der Waals surface area contributed by atoms with E-state index in [1.54, 1.807) is 37.4 Å². The molecule has 4 heteroatoms. The molecule has 1 heterocycles. The molecule has 0 fully saturated rings. The van der Waals surface area contributed by atoms with Crippen molar-refractivity contribution < 1.29 is 0 Å². The van der Waals surface area contributed by atoms with Crippen molar-refractivity contribution in [2.45, 2.75) is 6.92 Å². The summed E-state index contributed by atoms with van der Waals surface area (Å²) in [4.78, 5) is 13.9. The summed E-state index contributed by atoms with van der Waals surface area (Å²) in [6, 6.07) is 7.03. The summed E-state index contributed by atoms with van der Waals surface area (Å²) in [5, 5.41) is 1.22. The first kappa shape index (κ1) is 11.2. The number of pyridine rings is 1. The van der Waals surface area contributed by atoms with Gasteiger partial charge in [-0.2, -0.15) is 0 Å². The molecule has 1 N–H and O–H groups in total. The summed E-state index contributed by atoms with van der Waals surface area (Å²) in [6.45, 7) is 1.75. The predicted molar refractivity (Wildman–Crippen MR) is 67.3 cm³/mol. The van der Waals surface area contributed by atoms with Crippen LogP contribution in [0.1, 0.15) is 5.56 Å². The van der Waals surface area contributed by atoms with Crippen LogP contribution in [0.5, 0.6) is 0 Å². The third-order valence-electron chi connectivity index (χ3n) is 2.33. The molecule has 16 heavy (non-hydrogen) atoms. The van der Waals surface area contributed by atoms with Gasteiger partial charge in [-0.05, 0) is 36.8 Å². The van der Waals surface area contributed by atoms with Crippen LogP contribution in [0.4, 0.5) is 0 Å². The normalized spacial score (nSPS) is 10.4. The molecule has 0 aliphatic rings. The average Bonchev–Trinajstić information content (AvgIpc) is 2.26. The molecule has 0 aliphatic carbocycles. The third kappa shape index (κ3) is 2.13. The van der Waals surface area contributed by atoms with Crippen molar-refractivity contribution in [3.05, 3.63) is 56.4 Å². The molecule has 0 spiro atoms. The Balaban J connectivity index is 2.62. The van der Waals surface area contributed by atoms with Crippen molar-refractivity contribution in [1.29, 1.82) is 0 Å². The van der Waals surface area contributed by atoms with Gasteiger partial charge in [-0.25, -0.2) is 0 Å². The molecule has 2 aromatic rings. The third-order valence-corrected chi connectivity index (χ3v) is 2.89. The molecule has 0 saturated heterocycles. The zero-order valence-corrected chi connectivity index (χ0v) is 10.1. The number of aromatic amines is 1. The van der Waals surface area contributed by atoms with Gasteiger partial charge in [-0.1, -0.05) is 23.2 Å². The van der Waals surface area contributed by atoms with Gasteiger partial charge < -0.3 is 4.98 Å². The number of hydrogen-bond acceptors (Lipinski definition) is 1. The van der Waals surface area contributed by atoms with Gasteiger partial charge in [-0.3, -0.25) is 4.79 Å². The molecule has 0 bridgehead atoms. The van der Waals surface area contributed by atoms with Crippen LogP contribution in [-0.2, 0) is 0 Å². The van der Waals surface area contributed by atoms with E-state index >= 15 is 0 Å². The van der Waals surface area contributed by atoms with Gasteiger partial charge in [0.25, 0.3) is 5.56 Å². The maximum atomic E-state index is 11.2.